The third-order valence-corrected chi connectivity index (χ3v) is 4.43. The Morgan fingerprint density at radius 1 is 1.17 bits per heavy atom. The molecule has 1 amide bonds. The molecule has 4 rings (SSSR count). The van der Waals surface area contributed by atoms with E-state index in [1.54, 1.807) is 25.3 Å². The number of pyridine rings is 1. The number of para-hydroxylation sites is 1. The first-order valence-corrected chi connectivity index (χ1v) is 9.07. The molecule has 146 valence electrons. The molecule has 0 saturated heterocycles. The summed E-state index contributed by atoms with van der Waals surface area (Å²) in [7, 11) is 0. The van der Waals surface area contributed by atoms with Crippen LogP contribution in [0.2, 0.25) is 0 Å². The number of hydrogen-bond acceptors (Lipinski definition) is 5. The second-order valence-corrected chi connectivity index (χ2v) is 6.51. The first kappa shape index (κ1) is 18.6. The Balaban J connectivity index is 1.40. The zero-order chi connectivity index (χ0) is 20.2. The van der Waals surface area contributed by atoms with Crippen LogP contribution in [0.5, 0.6) is 5.75 Å². The van der Waals surface area contributed by atoms with Gasteiger partial charge in [-0.05, 0) is 36.8 Å². The highest BCUT2D eigenvalue weighted by Gasteiger charge is 2.17. The maximum atomic E-state index is 13.0. The van der Waals surface area contributed by atoms with Gasteiger partial charge in [0.15, 0.2) is 0 Å². The van der Waals surface area contributed by atoms with Crippen LogP contribution in [0.1, 0.15) is 34.9 Å². The topological polar surface area (TPSA) is 77.2 Å². The van der Waals surface area contributed by atoms with Crippen molar-refractivity contribution in [2.75, 3.05) is 0 Å². The maximum Gasteiger partial charge on any atom is 0.307 e. The quantitative estimate of drug-likeness (QED) is 0.526. The van der Waals surface area contributed by atoms with Crippen molar-refractivity contribution >= 4 is 16.8 Å². The van der Waals surface area contributed by atoms with Gasteiger partial charge in [-0.3, -0.25) is 9.78 Å². The zero-order valence-electron chi connectivity index (χ0n) is 15.6. The molecule has 7 heteroatoms. The van der Waals surface area contributed by atoms with Crippen molar-refractivity contribution in [3.63, 3.8) is 0 Å². The van der Waals surface area contributed by atoms with E-state index >= 15 is 0 Å². The van der Waals surface area contributed by atoms with Crippen LogP contribution in [0.25, 0.3) is 10.9 Å². The van der Waals surface area contributed by atoms with E-state index in [9.17, 15) is 9.18 Å². The predicted molar refractivity (Wildman–Crippen MR) is 105 cm³/mol. The molecule has 6 nitrogen and oxygen atoms in total. The Labute approximate surface area is 166 Å². The molecule has 29 heavy (non-hydrogen) atoms. The molecule has 1 N–H and O–H groups in total. The lowest BCUT2D eigenvalue weighted by Gasteiger charge is -2.12. The van der Waals surface area contributed by atoms with Crippen LogP contribution in [0.4, 0.5) is 4.39 Å². The number of aromatic nitrogens is 2. The van der Waals surface area contributed by atoms with Gasteiger partial charge in [0.1, 0.15) is 35.6 Å². The van der Waals surface area contributed by atoms with E-state index in [-0.39, 0.29) is 24.4 Å². The molecule has 0 unspecified atom stereocenters. The predicted octanol–water partition coefficient (Wildman–Crippen LogP) is 4.43. The van der Waals surface area contributed by atoms with E-state index in [1.165, 1.54) is 18.4 Å². The summed E-state index contributed by atoms with van der Waals surface area (Å²) in [5, 5.41) is 3.75. The largest absolute Gasteiger partial charge is 0.485 e. The number of hydrogen-bond donors (Lipinski definition) is 1. The summed E-state index contributed by atoms with van der Waals surface area (Å²) >= 11 is 0. The number of halogens is 1. The smallest absolute Gasteiger partial charge is 0.307 e. The summed E-state index contributed by atoms with van der Waals surface area (Å²) in [6.07, 6.45) is 3.09. The van der Waals surface area contributed by atoms with E-state index in [2.05, 4.69) is 15.3 Å². The van der Waals surface area contributed by atoms with Crippen molar-refractivity contribution < 1.29 is 18.3 Å². The minimum Gasteiger partial charge on any atom is -0.485 e. The lowest BCUT2D eigenvalue weighted by molar-refractivity contribution is 0.0904. The lowest BCUT2D eigenvalue weighted by Crippen LogP contribution is -2.27. The normalized spacial score (nSPS) is 11.9. The standard InChI is InChI=1S/C22H18FN3O3/c1-14(15-7-9-17(23)10-8-15)25-21(27)22-26-18(13-29-22)12-28-19-6-2-4-16-5-3-11-24-20(16)19/h2-11,13-14H,12H2,1H3,(H,25,27)/t14-/m1/s1. The maximum absolute atomic E-state index is 13.0. The van der Waals surface area contributed by atoms with Crippen molar-refractivity contribution in [2.45, 2.75) is 19.6 Å². The van der Waals surface area contributed by atoms with Gasteiger partial charge in [-0.25, -0.2) is 9.37 Å². The number of carbonyl (C=O) groups excluding carboxylic acids is 1. The number of carbonyl (C=O) groups is 1. The molecule has 0 aliphatic heterocycles. The van der Waals surface area contributed by atoms with Crippen molar-refractivity contribution in [1.82, 2.24) is 15.3 Å². The average Bonchev–Trinajstić information content (AvgIpc) is 3.22. The Kier molecular flexibility index (Phi) is 5.20. The molecule has 0 bridgehead atoms. The minimum absolute atomic E-state index is 0.0615. The van der Waals surface area contributed by atoms with Crippen LogP contribution in [-0.4, -0.2) is 15.9 Å². The number of ether oxygens (including phenoxy) is 1. The van der Waals surface area contributed by atoms with Gasteiger partial charge in [0.25, 0.3) is 5.89 Å². The molecule has 0 fully saturated rings. The first-order valence-electron chi connectivity index (χ1n) is 9.07. The molecule has 4 aromatic rings. The molecule has 0 aliphatic rings. The summed E-state index contributed by atoms with van der Waals surface area (Å²) in [6, 6.07) is 15.1. The monoisotopic (exact) mass is 391 g/mol. The third-order valence-electron chi connectivity index (χ3n) is 4.43. The number of fused-ring (bicyclic) bond motifs is 1. The fourth-order valence-electron chi connectivity index (χ4n) is 2.92. The van der Waals surface area contributed by atoms with Gasteiger partial charge in [0, 0.05) is 11.6 Å². The van der Waals surface area contributed by atoms with Gasteiger partial charge in [0.05, 0.1) is 6.04 Å². The van der Waals surface area contributed by atoms with E-state index in [0.29, 0.717) is 11.4 Å². The molecular formula is C22H18FN3O3. The SMILES string of the molecule is C[C@@H](NC(=O)c1nc(COc2cccc3cccnc23)co1)c1ccc(F)cc1. The van der Waals surface area contributed by atoms with Crippen LogP contribution < -0.4 is 10.1 Å². The van der Waals surface area contributed by atoms with Crippen molar-refractivity contribution in [1.29, 1.82) is 0 Å². The fourth-order valence-corrected chi connectivity index (χ4v) is 2.92. The molecule has 2 aromatic carbocycles. The van der Waals surface area contributed by atoms with Gasteiger partial charge in [-0.2, -0.15) is 0 Å². The lowest BCUT2D eigenvalue weighted by atomic mass is 10.1. The average molecular weight is 391 g/mol. The van der Waals surface area contributed by atoms with Crippen molar-refractivity contribution in [3.8, 4) is 5.75 Å². The van der Waals surface area contributed by atoms with Gasteiger partial charge in [-0.1, -0.05) is 30.3 Å². The van der Waals surface area contributed by atoms with E-state index in [4.69, 9.17) is 9.15 Å². The highest BCUT2D eigenvalue weighted by Crippen LogP contribution is 2.23. The molecular weight excluding hydrogens is 373 g/mol. The Hall–Kier alpha value is -3.74. The zero-order valence-corrected chi connectivity index (χ0v) is 15.6. The van der Waals surface area contributed by atoms with Crippen LogP contribution in [-0.2, 0) is 6.61 Å². The number of oxazole rings is 1. The summed E-state index contributed by atoms with van der Waals surface area (Å²) in [5.41, 5.74) is 2.01. The first-order chi connectivity index (χ1) is 14.1. The second-order valence-electron chi connectivity index (χ2n) is 6.51. The van der Waals surface area contributed by atoms with Gasteiger partial charge in [0.2, 0.25) is 0 Å². The molecule has 0 aliphatic carbocycles. The van der Waals surface area contributed by atoms with Gasteiger partial charge < -0.3 is 14.5 Å². The Bertz CT molecular complexity index is 1140. The van der Waals surface area contributed by atoms with Crippen LogP contribution in [0.3, 0.4) is 0 Å². The van der Waals surface area contributed by atoms with E-state index < -0.39 is 5.91 Å². The van der Waals surface area contributed by atoms with E-state index in [0.717, 1.165) is 16.5 Å². The summed E-state index contributed by atoms with van der Waals surface area (Å²) in [5.74, 6) is -0.221. The molecule has 0 spiro atoms. The van der Waals surface area contributed by atoms with Crippen molar-refractivity contribution in [3.05, 3.63) is 90.0 Å². The van der Waals surface area contributed by atoms with Gasteiger partial charge >= 0.3 is 5.91 Å². The van der Waals surface area contributed by atoms with Crippen LogP contribution in [0.15, 0.2) is 71.5 Å². The van der Waals surface area contributed by atoms with Crippen LogP contribution in [0, 0.1) is 5.82 Å². The number of rotatable bonds is 6. The number of nitrogens with zero attached hydrogens (tertiary/aromatic N) is 2. The van der Waals surface area contributed by atoms with Crippen molar-refractivity contribution in [2.24, 2.45) is 0 Å². The van der Waals surface area contributed by atoms with Crippen LogP contribution >= 0.6 is 0 Å². The third kappa shape index (κ3) is 4.24. The second kappa shape index (κ2) is 8.10. The highest BCUT2D eigenvalue weighted by atomic mass is 19.1. The summed E-state index contributed by atoms with van der Waals surface area (Å²) in [6.45, 7) is 1.94. The molecule has 2 heterocycles. The molecule has 0 radical (unpaired) electrons. The summed E-state index contributed by atoms with van der Waals surface area (Å²) < 4.78 is 24.1. The molecule has 0 saturated carbocycles. The van der Waals surface area contributed by atoms with E-state index in [1.807, 2.05) is 30.3 Å². The number of nitrogens with one attached hydrogen (secondary N) is 1. The Morgan fingerprint density at radius 3 is 2.79 bits per heavy atom. The molecule has 2 aromatic heterocycles. The Morgan fingerprint density at radius 2 is 1.97 bits per heavy atom. The number of amides is 1. The highest BCUT2D eigenvalue weighted by molar-refractivity contribution is 5.89. The number of benzene rings is 2. The van der Waals surface area contributed by atoms with Gasteiger partial charge in [-0.15, -0.1) is 0 Å². The fraction of sp³-hybridized carbons (Fsp3) is 0.136. The molecule has 1 atom stereocenters. The summed E-state index contributed by atoms with van der Waals surface area (Å²) in [4.78, 5) is 20.9. The minimum atomic E-state index is -0.458.